The molecule has 0 saturated heterocycles. The van der Waals surface area contributed by atoms with Gasteiger partial charge in [-0.1, -0.05) is 53.8 Å². The molecule has 0 spiro atoms. The molecule has 0 radical (unpaired) electrons. The summed E-state index contributed by atoms with van der Waals surface area (Å²) < 4.78 is 99.9. The van der Waals surface area contributed by atoms with E-state index < -0.39 is 41.0 Å². The van der Waals surface area contributed by atoms with Crippen molar-refractivity contribution < 1.29 is 49.8 Å². The van der Waals surface area contributed by atoms with Crippen LogP contribution in [0.4, 0.5) is 30.7 Å². The van der Waals surface area contributed by atoms with Crippen LogP contribution in [0.25, 0.3) is 10.2 Å². The summed E-state index contributed by atoms with van der Waals surface area (Å²) >= 11 is 0.428. The van der Waals surface area contributed by atoms with Gasteiger partial charge in [0.25, 0.3) is 0 Å². The molecule has 0 aliphatic carbocycles. The lowest BCUT2D eigenvalue weighted by Crippen LogP contribution is -2.32. The summed E-state index contributed by atoms with van der Waals surface area (Å²) in [6.07, 6.45) is -11.4. The number of benzene rings is 3. The molecule has 0 aliphatic heterocycles. The highest BCUT2D eigenvalue weighted by molar-refractivity contribution is 7.16. The van der Waals surface area contributed by atoms with Crippen molar-refractivity contribution in [3.8, 4) is 5.75 Å². The van der Waals surface area contributed by atoms with Crippen molar-refractivity contribution in [3.63, 3.8) is 0 Å². The molecule has 0 unspecified atom stereocenters. The molecule has 3 N–H and O–H groups in total. The lowest BCUT2D eigenvalue weighted by molar-refractivity contribution is -0.205. The number of fused-ring (bicyclic) bond motifs is 1. The molecule has 1 aromatic heterocycles. The van der Waals surface area contributed by atoms with Gasteiger partial charge >= 0.3 is 29.2 Å². The predicted octanol–water partition coefficient (Wildman–Crippen LogP) is 5.51. The summed E-state index contributed by atoms with van der Waals surface area (Å²) in [5.74, 6) is -6.02. The number of aromatic amines is 1. The Morgan fingerprint density at radius 2 is 1.48 bits per heavy atom. The summed E-state index contributed by atoms with van der Waals surface area (Å²) in [5, 5.41) is 6.14. The van der Waals surface area contributed by atoms with Crippen LogP contribution in [0, 0.1) is 5.82 Å². The molecule has 3 aromatic carbocycles. The SMILES string of the molecule is O=C(Oc1ccc([C@H](CNCCc2ccc(CNCCc3ccccc3F)cc2)OC(=O)C(F)(F)F)c2sc(=O)[nH]c12)C(F)(F)F. The quantitative estimate of drug-likeness (QED) is 0.0744. The molecular formula is C30H26F7N3O5S. The minimum absolute atomic E-state index is 0.123. The van der Waals surface area contributed by atoms with Crippen molar-refractivity contribution in [2.75, 3.05) is 19.6 Å². The maximum absolute atomic E-state index is 13.7. The van der Waals surface area contributed by atoms with Gasteiger partial charge in [0.2, 0.25) is 0 Å². The van der Waals surface area contributed by atoms with E-state index in [2.05, 4.69) is 20.4 Å². The van der Waals surface area contributed by atoms with E-state index in [4.69, 9.17) is 4.74 Å². The molecule has 246 valence electrons. The summed E-state index contributed by atoms with van der Waals surface area (Å²) in [5.41, 5.74) is 1.98. The zero-order valence-electron chi connectivity index (χ0n) is 23.7. The number of carbonyl (C=O) groups excluding carboxylic acids is 2. The fourth-order valence-electron chi connectivity index (χ4n) is 4.38. The van der Waals surface area contributed by atoms with Crippen molar-refractivity contribution >= 4 is 33.5 Å². The Balaban J connectivity index is 1.38. The van der Waals surface area contributed by atoms with Gasteiger partial charge in [0.05, 0.1) is 4.70 Å². The van der Waals surface area contributed by atoms with Crippen LogP contribution >= 0.6 is 11.3 Å². The van der Waals surface area contributed by atoms with Gasteiger partial charge in [-0.15, -0.1) is 0 Å². The number of nitrogens with one attached hydrogen (secondary N) is 3. The van der Waals surface area contributed by atoms with Crippen molar-refractivity contribution in [1.82, 2.24) is 15.6 Å². The number of alkyl halides is 6. The first-order chi connectivity index (χ1) is 21.7. The summed E-state index contributed by atoms with van der Waals surface area (Å²) in [6.45, 7) is 0.996. The van der Waals surface area contributed by atoms with Crippen molar-refractivity contribution in [2.24, 2.45) is 0 Å². The van der Waals surface area contributed by atoms with Gasteiger partial charge in [-0.2, -0.15) is 26.3 Å². The van der Waals surface area contributed by atoms with Gasteiger partial charge < -0.3 is 25.1 Å². The average molecular weight is 674 g/mol. The third-order valence-electron chi connectivity index (χ3n) is 6.63. The second-order valence-corrected chi connectivity index (χ2v) is 10.9. The van der Waals surface area contributed by atoms with E-state index >= 15 is 0 Å². The Morgan fingerprint density at radius 1 is 0.826 bits per heavy atom. The average Bonchev–Trinajstić information content (AvgIpc) is 3.39. The maximum atomic E-state index is 13.7. The monoisotopic (exact) mass is 673 g/mol. The van der Waals surface area contributed by atoms with Crippen LogP contribution in [0.2, 0.25) is 0 Å². The molecule has 0 fully saturated rings. The minimum atomic E-state index is -5.35. The summed E-state index contributed by atoms with van der Waals surface area (Å²) in [7, 11) is 0. The second kappa shape index (κ2) is 14.9. The van der Waals surface area contributed by atoms with E-state index in [-0.39, 0.29) is 34.7 Å². The fraction of sp³-hybridized carbons (Fsp3) is 0.300. The third-order valence-corrected chi connectivity index (χ3v) is 7.57. The number of rotatable bonds is 13. The topological polar surface area (TPSA) is 110 Å². The normalized spacial score (nSPS) is 12.7. The largest absolute Gasteiger partial charge is 0.491 e. The molecule has 8 nitrogen and oxygen atoms in total. The highest BCUT2D eigenvalue weighted by Crippen LogP contribution is 2.35. The Labute approximate surface area is 260 Å². The third kappa shape index (κ3) is 9.37. The first kappa shape index (κ1) is 34.6. The molecule has 16 heteroatoms. The van der Waals surface area contributed by atoms with E-state index in [1.54, 1.807) is 18.2 Å². The molecule has 46 heavy (non-hydrogen) atoms. The molecule has 0 bridgehead atoms. The number of aromatic nitrogens is 1. The zero-order chi connectivity index (χ0) is 33.5. The minimum Gasteiger partial charge on any atom is -0.449 e. The highest BCUT2D eigenvalue weighted by atomic mass is 32.1. The van der Waals surface area contributed by atoms with Crippen LogP contribution in [0.1, 0.15) is 28.4 Å². The lowest BCUT2D eigenvalue weighted by atomic mass is 10.1. The van der Waals surface area contributed by atoms with Crippen molar-refractivity contribution in [1.29, 1.82) is 0 Å². The Kier molecular flexibility index (Phi) is 11.2. The predicted molar refractivity (Wildman–Crippen MR) is 154 cm³/mol. The first-order valence-corrected chi connectivity index (χ1v) is 14.5. The van der Waals surface area contributed by atoms with Gasteiger partial charge in [0, 0.05) is 18.7 Å². The summed E-state index contributed by atoms with van der Waals surface area (Å²) in [6, 6.07) is 15.9. The maximum Gasteiger partial charge on any atom is 0.491 e. The van der Waals surface area contributed by atoms with Gasteiger partial charge in [0.1, 0.15) is 17.4 Å². The lowest BCUT2D eigenvalue weighted by Gasteiger charge is -2.21. The number of esters is 2. The second-order valence-electron chi connectivity index (χ2n) is 9.94. The first-order valence-electron chi connectivity index (χ1n) is 13.7. The van der Waals surface area contributed by atoms with Crippen LogP contribution < -0.4 is 20.2 Å². The zero-order valence-corrected chi connectivity index (χ0v) is 24.5. The fourth-order valence-corrected chi connectivity index (χ4v) is 5.29. The number of hydrogen-bond donors (Lipinski definition) is 3. The van der Waals surface area contributed by atoms with E-state index in [9.17, 15) is 45.1 Å². The van der Waals surface area contributed by atoms with Crippen LogP contribution in [-0.2, 0) is 33.7 Å². The summed E-state index contributed by atoms with van der Waals surface area (Å²) in [4.78, 5) is 36.5. The van der Waals surface area contributed by atoms with Crippen molar-refractivity contribution in [2.45, 2.75) is 37.8 Å². The van der Waals surface area contributed by atoms with Gasteiger partial charge in [-0.05, 0) is 60.8 Å². The van der Waals surface area contributed by atoms with Crippen LogP contribution in [-0.4, -0.2) is 48.9 Å². The number of ether oxygens (including phenoxy) is 2. The molecule has 0 aliphatic rings. The molecule has 0 saturated carbocycles. The standard InChI is InChI=1S/C30H26F7N3O5S/c31-21-4-2-1-3-19(21)12-14-38-15-18-7-5-17(6-8-18)11-13-39-16-23(45-27(42)30(35,36)37)20-9-10-22(44-26(41)29(32,33)34)24-25(20)46-28(43)40-24/h1-10,23,38-39H,11-16H2,(H,40,43)/t23-/m0/s1. The number of hydrogen-bond acceptors (Lipinski definition) is 8. The number of halogens is 7. The Hall–Kier alpha value is -4.28. The van der Waals surface area contributed by atoms with Crippen molar-refractivity contribution in [3.05, 3.63) is 98.4 Å². The van der Waals surface area contributed by atoms with E-state index in [1.165, 1.54) is 6.07 Å². The Bertz CT molecular complexity index is 1720. The molecule has 1 heterocycles. The molecule has 0 amide bonds. The molecular weight excluding hydrogens is 647 g/mol. The van der Waals surface area contributed by atoms with Crippen LogP contribution in [0.3, 0.4) is 0 Å². The van der Waals surface area contributed by atoms with Crippen LogP contribution in [0.5, 0.6) is 5.75 Å². The smallest absolute Gasteiger partial charge is 0.449 e. The van der Waals surface area contributed by atoms with Gasteiger partial charge in [-0.25, -0.2) is 14.0 Å². The number of carbonyl (C=O) groups is 2. The molecule has 4 aromatic rings. The van der Waals surface area contributed by atoms with E-state index in [0.29, 0.717) is 42.8 Å². The molecule has 1 atom stereocenters. The van der Waals surface area contributed by atoms with Gasteiger partial charge in [0.15, 0.2) is 5.75 Å². The van der Waals surface area contributed by atoms with E-state index in [1.807, 2.05) is 24.3 Å². The number of H-pyrrole nitrogens is 1. The van der Waals surface area contributed by atoms with Crippen LogP contribution in [0.15, 0.2) is 65.5 Å². The highest BCUT2D eigenvalue weighted by Gasteiger charge is 2.43. The Morgan fingerprint density at radius 3 is 2.15 bits per heavy atom. The van der Waals surface area contributed by atoms with E-state index in [0.717, 1.165) is 23.3 Å². The number of thiazole rings is 1. The molecule has 4 rings (SSSR count). The van der Waals surface area contributed by atoms with Gasteiger partial charge in [-0.3, -0.25) is 4.79 Å².